The van der Waals surface area contributed by atoms with Crippen LogP contribution in [-0.2, 0) is 6.54 Å². The Bertz CT molecular complexity index is 743. The van der Waals surface area contributed by atoms with E-state index in [1.165, 1.54) is 5.56 Å². The predicted octanol–water partition coefficient (Wildman–Crippen LogP) is 3.80. The average Bonchev–Trinajstić information content (AvgIpc) is 2.73. The Balaban J connectivity index is 1.76. The number of nitrogens with zero attached hydrogens (tertiary/aromatic N) is 3. The summed E-state index contributed by atoms with van der Waals surface area (Å²) in [5.74, 6) is 0. The molecular weight excluding hydrogens is 352 g/mol. The quantitative estimate of drug-likeness (QED) is 0.555. The van der Waals surface area contributed by atoms with Crippen molar-refractivity contribution in [3.8, 4) is 0 Å². The maximum absolute atomic E-state index is 11.0. The Kier molecular flexibility index (Phi) is 7.01. The van der Waals surface area contributed by atoms with Crippen molar-refractivity contribution in [3.63, 3.8) is 0 Å². The lowest BCUT2D eigenvalue weighted by Crippen LogP contribution is -2.47. The molecule has 2 aromatic carbocycles. The van der Waals surface area contributed by atoms with E-state index in [2.05, 4.69) is 41.0 Å². The fourth-order valence-electron chi connectivity index (χ4n) is 4.04. The second-order valence-electron chi connectivity index (χ2n) is 7.58. The molecule has 1 fully saturated rings. The van der Waals surface area contributed by atoms with E-state index in [9.17, 15) is 10.1 Å². The molecule has 0 aromatic heterocycles. The van der Waals surface area contributed by atoms with Crippen LogP contribution in [0.5, 0.6) is 0 Å². The van der Waals surface area contributed by atoms with Crippen molar-refractivity contribution in [2.24, 2.45) is 5.73 Å². The molecule has 0 amide bonds. The zero-order valence-electron chi connectivity index (χ0n) is 16.5. The molecule has 6 nitrogen and oxygen atoms in total. The van der Waals surface area contributed by atoms with Crippen LogP contribution in [0.4, 0.5) is 11.4 Å². The fourth-order valence-corrected chi connectivity index (χ4v) is 4.04. The lowest BCUT2D eigenvalue weighted by molar-refractivity contribution is -0.384. The minimum atomic E-state index is -0.345. The first-order chi connectivity index (χ1) is 13.6. The number of piperidine rings is 1. The Morgan fingerprint density at radius 1 is 1.14 bits per heavy atom. The van der Waals surface area contributed by atoms with E-state index in [1.807, 2.05) is 18.2 Å². The number of nitrogens with two attached hydrogens (primary N) is 1. The molecule has 0 radical (unpaired) electrons. The molecule has 0 spiro atoms. The minimum absolute atomic E-state index is 0.133. The van der Waals surface area contributed by atoms with E-state index in [1.54, 1.807) is 12.1 Å². The van der Waals surface area contributed by atoms with Crippen LogP contribution in [0.2, 0.25) is 0 Å². The molecule has 1 heterocycles. The van der Waals surface area contributed by atoms with Crippen LogP contribution >= 0.6 is 0 Å². The Morgan fingerprint density at radius 3 is 2.36 bits per heavy atom. The minimum Gasteiger partial charge on any atom is -0.364 e. The fraction of sp³-hybridized carbons (Fsp3) is 0.455. The zero-order valence-corrected chi connectivity index (χ0v) is 16.5. The average molecular weight is 383 g/mol. The SMILES string of the molecule is CC(CCN)N1CCC(N(Cc2ccccc2)c2ccc([N+](=O)[O-])cc2)CC1. The van der Waals surface area contributed by atoms with Gasteiger partial charge in [-0.15, -0.1) is 0 Å². The summed E-state index contributed by atoms with van der Waals surface area (Å²) in [6.45, 7) is 5.91. The van der Waals surface area contributed by atoms with Crippen LogP contribution in [0, 0.1) is 10.1 Å². The van der Waals surface area contributed by atoms with Gasteiger partial charge in [-0.1, -0.05) is 30.3 Å². The lowest BCUT2D eigenvalue weighted by Gasteiger charge is -2.42. The van der Waals surface area contributed by atoms with Gasteiger partial charge in [-0.3, -0.25) is 10.1 Å². The van der Waals surface area contributed by atoms with Crippen LogP contribution in [0.15, 0.2) is 54.6 Å². The van der Waals surface area contributed by atoms with Crippen molar-refractivity contribution < 1.29 is 4.92 Å². The molecule has 0 bridgehead atoms. The summed E-state index contributed by atoms with van der Waals surface area (Å²) in [5, 5.41) is 11.0. The predicted molar refractivity (Wildman–Crippen MR) is 113 cm³/mol. The smallest absolute Gasteiger partial charge is 0.269 e. The molecule has 3 rings (SSSR count). The molecule has 6 heteroatoms. The third kappa shape index (κ3) is 5.09. The van der Waals surface area contributed by atoms with Gasteiger partial charge >= 0.3 is 0 Å². The van der Waals surface area contributed by atoms with Gasteiger partial charge in [0, 0.05) is 49.5 Å². The summed E-state index contributed by atoms with van der Waals surface area (Å²) in [6, 6.07) is 18.3. The monoisotopic (exact) mass is 382 g/mol. The van der Waals surface area contributed by atoms with Crippen LogP contribution < -0.4 is 10.6 Å². The van der Waals surface area contributed by atoms with Gasteiger partial charge in [-0.05, 0) is 50.4 Å². The number of nitro groups is 1. The second-order valence-corrected chi connectivity index (χ2v) is 7.58. The first kappa shape index (κ1) is 20.3. The largest absolute Gasteiger partial charge is 0.364 e. The third-order valence-corrected chi connectivity index (χ3v) is 5.74. The topological polar surface area (TPSA) is 75.6 Å². The number of hydrogen-bond donors (Lipinski definition) is 1. The van der Waals surface area contributed by atoms with Crippen LogP contribution in [0.3, 0.4) is 0 Å². The standard InChI is InChI=1S/C22H30N4O2/c1-18(11-14-23)24-15-12-21(13-16-24)25(17-19-5-3-2-4-6-19)20-7-9-22(10-8-20)26(27)28/h2-10,18,21H,11-17,23H2,1H3. The summed E-state index contributed by atoms with van der Waals surface area (Å²) in [4.78, 5) is 15.6. The molecular formula is C22H30N4O2. The van der Waals surface area contributed by atoms with E-state index in [0.717, 1.165) is 51.1 Å². The summed E-state index contributed by atoms with van der Waals surface area (Å²) in [6.07, 6.45) is 3.19. The van der Waals surface area contributed by atoms with Gasteiger partial charge in [-0.25, -0.2) is 0 Å². The van der Waals surface area contributed by atoms with Crippen molar-refractivity contribution in [1.29, 1.82) is 0 Å². The van der Waals surface area contributed by atoms with Crippen molar-refractivity contribution in [2.75, 3.05) is 24.5 Å². The maximum atomic E-state index is 11.0. The molecule has 150 valence electrons. The highest BCUT2D eigenvalue weighted by Gasteiger charge is 2.27. The van der Waals surface area contributed by atoms with Gasteiger partial charge < -0.3 is 15.5 Å². The number of rotatable bonds is 8. The first-order valence-corrected chi connectivity index (χ1v) is 10.1. The molecule has 0 saturated carbocycles. The number of non-ortho nitro benzene ring substituents is 1. The molecule has 28 heavy (non-hydrogen) atoms. The van der Waals surface area contributed by atoms with Crippen molar-refractivity contribution in [2.45, 2.75) is 44.8 Å². The van der Waals surface area contributed by atoms with Gasteiger partial charge in [0.1, 0.15) is 0 Å². The second kappa shape index (κ2) is 9.66. The maximum Gasteiger partial charge on any atom is 0.269 e. The number of anilines is 1. The van der Waals surface area contributed by atoms with Crippen LogP contribution in [-0.4, -0.2) is 41.5 Å². The number of benzene rings is 2. The number of likely N-dealkylation sites (tertiary alicyclic amines) is 1. The molecule has 1 atom stereocenters. The highest BCUT2D eigenvalue weighted by molar-refractivity contribution is 5.52. The van der Waals surface area contributed by atoms with E-state index in [-0.39, 0.29) is 10.6 Å². The van der Waals surface area contributed by atoms with Gasteiger partial charge in [0.05, 0.1) is 4.92 Å². The molecule has 0 aliphatic carbocycles. The molecule has 1 aliphatic heterocycles. The van der Waals surface area contributed by atoms with Gasteiger partial charge in [0.15, 0.2) is 0 Å². The van der Waals surface area contributed by atoms with Crippen molar-refractivity contribution >= 4 is 11.4 Å². The van der Waals surface area contributed by atoms with Gasteiger partial charge in [0.25, 0.3) is 5.69 Å². The van der Waals surface area contributed by atoms with Crippen molar-refractivity contribution in [1.82, 2.24) is 4.90 Å². The Morgan fingerprint density at radius 2 is 1.79 bits per heavy atom. The lowest BCUT2D eigenvalue weighted by atomic mass is 9.99. The summed E-state index contributed by atoms with van der Waals surface area (Å²) >= 11 is 0. The van der Waals surface area contributed by atoms with Gasteiger partial charge in [0.2, 0.25) is 0 Å². The van der Waals surface area contributed by atoms with E-state index < -0.39 is 0 Å². The summed E-state index contributed by atoms with van der Waals surface area (Å²) in [7, 11) is 0. The molecule has 2 aromatic rings. The Hall–Kier alpha value is -2.44. The first-order valence-electron chi connectivity index (χ1n) is 10.1. The summed E-state index contributed by atoms with van der Waals surface area (Å²) < 4.78 is 0. The zero-order chi connectivity index (χ0) is 19.9. The highest BCUT2D eigenvalue weighted by Crippen LogP contribution is 2.28. The van der Waals surface area contributed by atoms with Crippen LogP contribution in [0.25, 0.3) is 0 Å². The molecule has 1 saturated heterocycles. The third-order valence-electron chi connectivity index (χ3n) is 5.74. The molecule has 2 N–H and O–H groups in total. The molecule has 1 unspecified atom stereocenters. The van der Waals surface area contributed by atoms with E-state index in [0.29, 0.717) is 12.1 Å². The van der Waals surface area contributed by atoms with Gasteiger partial charge in [-0.2, -0.15) is 0 Å². The Labute approximate surface area is 167 Å². The number of nitro benzene ring substituents is 1. The van der Waals surface area contributed by atoms with E-state index >= 15 is 0 Å². The molecule has 1 aliphatic rings. The van der Waals surface area contributed by atoms with Crippen molar-refractivity contribution in [3.05, 3.63) is 70.3 Å². The van der Waals surface area contributed by atoms with E-state index in [4.69, 9.17) is 5.73 Å². The summed E-state index contributed by atoms with van der Waals surface area (Å²) in [5.41, 5.74) is 8.15. The highest BCUT2D eigenvalue weighted by atomic mass is 16.6. The van der Waals surface area contributed by atoms with Crippen LogP contribution in [0.1, 0.15) is 31.7 Å². The number of hydrogen-bond acceptors (Lipinski definition) is 5. The normalized spacial score (nSPS) is 16.6.